The maximum atomic E-state index is 12.3. The molecule has 142 valence electrons. The van der Waals surface area contributed by atoms with Gasteiger partial charge in [-0.05, 0) is 72.2 Å². The molecule has 1 aromatic heterocycles. The minimum Gasteiger partial charge on any atom is -0.454 e. The van der Waals surface area contributed by atoms with Gasteiger partial charge in [-0.15, -0.1) is 5.10 Å². The second-order valence-corrected chi connectivity index (χ2v) is 6.28. The number of fused-ring (bicyclic) bond motifs is 1. The number of carbonyl (C=O) groups excluding carboxylic acids is 1. The molecular formula is C19H18N6O3. The standard InChI is InChI=1S/C19H18N6O3/c1-13(2-3-14-4-9-17-18(10-14)28-12-27-17)21-22-19(26)15-5-7-16(8-6-15)25-11-20-23-24-25/h4-11H,2-3,12H2,1H3,(H,22,26)/b21-13+. The van der Waals surface area contributed by atoms with Gasteiger partial charge in [0.25, 0.3) is 5.91 Å². The quantitative estimate of drug-likeness (QED) is 0.521. The van der Waals surface area contributed by atoms with Gasteiger partial charge in [-0.2, -0.15) is 5.10 Å². The Morgan fingerprint density at radius 2 is 2.00 bits per heavy atom. The van der Waals surface area contributed by atoms with E-state index < -0.39 is 0 Å². The van der Waals surface area contributed by atoms with Crippen molar-refractivity contribution in [2.24, 2.45) is 5.10 Å². The van der Waals surface area contributed by atoms with Gasteiger partial charge in [0.1, 0.15) is 6.33 Å². The molecule has 28 heavy (non-hydrogen) atoms. The van der Waals surface area contributed by atoms with E-state index in [-0.39, 0.29) is 12.7 Å². The van der Waals surface area contributed by atoms with E-state index in [1.807, 2.05) is 25.1 Å². The third-order valence-corrected chi connectivity index (χ3v) is 4.30. The van der Waals surface area contributed by atoms with E-state index in [9.17, 15) is 4.79 Å². The van der Waals surface area contributed by atoms with Crippen LogP contribution in [-0.2, 0) is 6.42 Å². The van der Waals surface area contributed by atoms with Gasteiger partial charge in [-0.25, -0.2) is 10.1 Å². The number of aromatic nitrogens is 4. The molecule has 0 radical (unpaired) electrons. The number of ether oxygens (including phenoxy) is 2. The Labute approximate surface area is 161 Å². The molecule has 1 aliphatic rings. The third-order valence-electron chi connectivity index (χ3n) is 4.30. The molecule has 1 amide bonds. The van der Waals surface area contributed by atoms with Crippen LogP contribution in [0.25, 0.3) is 5.69 Å². The van der Waals surface area contributed by atoms with E-state index in [1.165, 1.54) is 11.0 Å². The van der Waals surface area contributed by atoms with Crippen LogP contribution >= 0.6 is 0 Å². The molecule has 0 fully saturated rings. The first-order chi connectivity index (χ1) is 13.7. The molecule has 4 rings (SSSR count). The number of tetrazole rings is 1. The Morgan fingerprint density at radius 3 is 2.79 bits per heavy atom. The monoisotopic (exact) mass is 378 g/mol. The molecule has 2 heterocycles. The predicted molar refractivity (Wildman–Crippen MR) is 101 cm³/mol. The van der Waals surface area contributed by atoms with Crippen LogP contribution in [0.15, 0.2) is 53.9 Å². The number of rotatable bonds is 6. The topological polar surface area (TPSA) is 104 Å². The zero-order valence-corrected chi connectivity index (χ0v) is 15.2. The molecule has 0 bridgehead atoms. The number of hydrogen-bond donors (Lipinski definition) is 1. The summed E-state index contributed by atoms with van der Waals surface area (Å²) in [7, 11) is 0. The molecule has 1 aliphatic heterocycles. The smallest absolute Gasteiger partial charge is 0.271 e. The van der Waals surface area contributed by atoms with Gasteiger partial charge in [-0.1, -0.05) is 6.07 Å². The first-order valence-electron chi connectivity index (χ1n) is 8.74. The summed E-state index contributed by atoms with van der Waals surface area (Å²) in [6.07, 6.45) is 3.00. The van der Waals surface area contributed by atoms with E-state index in [0.29, 0.717) is 5.56 Å². The number of amides is 1. The summed E-state index contributed by atoms with van der Waals surface area (Å²) in [5.74, 6) is 1.27. The molecule has 0 saturated heterocycles. The van der Waals surface area contributed by atoms with Gasteiger partial charge in [0.15, 0.2) is 11.5 Å². The van der Waals surface area contributed by atoms with Crippen molar-refractivity contribution in [2.45, 2.75) is 19.8 Å². The Kier molecular flexibility index (Phi) is 4.96. The number of carbonyl (C=O) groups is 1. The normalized spacial score (nSPS) is 12.8. The van der Waals surface area contributed by atoms with Gasteiger partial charge in [0, 0.05) is 11.3 Å². The fourth-order valence-corrected chi connectivity index (χ4v) is 2.73. The van der Waals surface area contributed by atoms with E-state index in [4.69, 9.17) is 9.47 Å². The van der Waals surface area contributed by atoms with Crippen molar-refractivity contribution in [1.29, 1.82) is 0 Å². The first-order valence-corrected chi connectivity index (χ1v) is 8.74. The summed E-state index contributed by atoms with van der Waals surface area (Å²) >= 11 is 0. The molecule has 0 spiro atoms. The van der Waals surface area contributed by atoms with Crippen molar-refractivity contribution in [3.8, 4) is 17.2 Å². The average molecular weight is 378 g/mol. The summed E-state index contributed by atoms with van der Waals surface area (Å²) in [5, 5.41) is 15.2. The lowest BCUT2D eigenvalue weighted by Gasteiger charge is -2.05. The van der Waals surface area contributed by atoms with Crippen LogP contribution in [0, 0.1) is 0 Å². The Bertz CT molecular complexity index is 999. The molecule has 9 nitrogen and oxygen atoms in total. The van der Waals surface area contributed by atoms with Crippen molar-refractivity contribution < 1.29 is 14.3 Å². The number of hydrazone groups is 1. The molecule has 0 saturated carbocycles. The summed E-state index contributed by atoms with van der Waals surface area (Å²) in [6, 6.07) is 12.8. The molecule has 0 unspecified atom stereocenters. The van der Waals surface area contributed by atoms with Gasteiger partial charge < -0.3 is 9.47 Å². The number of hydrogen-bond acceptors (Lipinski definition) is 7. The number of nitrogens with one attached hydrogen (secondary N) is 1. The fourth-order valence-electron chi connectivity index (χ4n) is 2.73. The van der Waals surface area contributed by atoms with E-state index >= 15 is 0 Å². The zero-order valence-electron chi connectivity index (χ0n) is 15.2. The van der Waals surface area contributed by atoms with Crippen molar-refractivity contribution in [2.75, 3.05) is 6.79 Å². The zero-order chi connectivity index (χ0) is 19.3. The van der Waals surface area contributed by atoms with Gasteiger partial charge in [0.05, 0.1) is 5.69 Å². The van der Waals surface area contributed by atoms with Crippen molar-refractivity contribution in [3.63, 3.8) is 0 Å². The molecular weight excluding hydrogens is 360 g/mol. The number of nitrogens with zero attached hydrogens (tertiary/aromatic N) is 5. The van der Waals surface area contributed by atoms with Crippen molar-refractivity contribution in [1.82, 2.24) is 25.6 Å². The minimum absolute atomic E-state index is 0.266. The Balaban J connectivity index is 1.31. The first kappa shape index (κ1) is 17.7. The lowest BCUT2D eigenvalue weighted by molar-refractivity contribution is 0.0954. The van der Waals surface area contributed by atoms with Gasteiger partial charge in [0.2, 0.25) is 6.79 Å². The fraction of sp³-hybridized carbons (Fsp3) is 0.211. The third kappa shape index (κ3) is 3.98. The van der Waals surface area contributed by atoms with Crippen LogP contribution < -0.4 is 14.9 Å². The largest absolute Gasteiger partial charge is 0.454 e. The Hall–Kier alpha value is -3.75. The molecule has 2 aromatic carbocycles. The maximum Gasteiger partial charge on any atom is 0.271 e. The lowest BCUT2D eigenvalue weighted by atomic mass is 10.1. The van der Waals surface area contributed by atoms with Crippen LogP contribution in [0.2, 0.25) is 0 Å². The SMILES string of the molecule is C/C(CCc1ccc2c(c1)OCO2)=N\NC(=O)c1ccc(-n2cnnn2)cc1. The second-order valence-electron chi connectivity index (χ2n) is 6.28. The molecule has 0 atom stereocenters. The molecule has 1 N–H and O–H groups in total. The van der Waals surface area contributed by atoms with Crippen LogP contribution in [0.4, 0.5) is 0 Å². The van der Waals surface area contributed by atoms with Crippen LogP contribution in [0.5, 0.6) is 11.5 Å². The van der Waals surface area contributed by atoms with Crippen molar-refractivity contribution >= 4 is 11.6 Å². The van der Waals surface area contributed by atoms with Gasteiger partial charge >= 0.3 is 0 Å². The Morgan fingerprint density at radius 1 is 1.18 bits per heavy atom. The van der Waals surface area contributed by atoms with Crippen LogP contribution in [0.3, 0.4) is 0 Å². The molecule has 3 aromatic rings. The van der Waals surface area contributed by atoms with E-state index in [2.05, 4.69) is 26.1 Å². The highest BCUT2D eigenvalue weighted by atomic mass is 16.7. The molecule has 9 heteroatoms. The predicted octanol–water partition coefficient (Wildman–Crippen LogP) is 2.13. The highest BCUT2D eigenvalue weighted by Crippen LogP contribution is 2.32. The van der Waals surface area contributed by atoms with E-state index in [1.54, 1.807) is 24.3 Å². The summed E-state index contributed by atoms with van der Waals surface area (Å²) in [5.41, 5.74) is 5.82. The minimum atomic E-state index is -0.273. The second kappa shape index (κ2) is 7.87. The number of benzene rings is 2. The summed E-state index contributed by atoms with van der Waals surface area (Å²) in [4.78, 5) is 12.3. The lowest BCUT2D eigenvalue weighted by Crippen LogP contribution is -2.19. The highest BCUT2D eigenvalue weighted by Gasteiger charge is 2.13. The number of aryl methyl sites for hydroxylation is 1. The maximum absolute atomic E-state index is 12.3. The molecule has 0 aliphatic carbocycles. The van der Waals surface area contributed by atoms with Gasteiger partial charge in [-0.3, -0.25) is 4.79 Å². The van der Waals surface area contributed by atoms with E-state index in [0.717, 1.165) is 41.3 Å². The highest BCUT2D eigenvalue weighted by molar-refractivity contribution is 5.95. The van der Waals surface area contributed by atoms with Crippen molar-refractivity contribution in [3.05, 3.63) is 59.9 Å². The van der Waals surface area contributed by atoms with Crippen LogP contribution in [-0.4, -0.2) is 38.6 Å². The summed E-state index contributed by atoms with van der Waals surface area (Å²) in [6.45, 7) is 2.15. The average Bonchev–Trinajstić information content (AvgIpc) is 3.42. The van der Waals surface area contributed by atoms with Crippen LogP contribution in [0.1, 0.15) is 29.3 Å². The summed E-state index contributed by atoms with van der Waals surface area (Å²) < 4.78 is 12.2.